The van der Waals surface area contributed by atoms with Gasteiger partial charge in [-0.1, -0.05) is 20.3 Å². The van der Waals surface area contributed by atoms with Crippen LogP contribution in [0.25, 0.3) is 0 Å². The standard InChI is InChI=1S/C14H27NO2/c1-11(2)10-12(3)15-9-5-4-6-13(15)7-8-14(16)17/h11-13H,4-10H2,1-3H3,(H,16,17). The average molecular weight is 241 g/mol. The molecule has 1 N–H and O–H groups in total. The molecule has 1 rings (SSSR count). The molecule has 100 valence electrons. The van der Waals surface area contributed by atoms with Gasteiger partial charge in [-0.2, -0.15) is 0 Å². The van der Waals surface area contributed by atoms with E-state index in [0.717, 1.165) is 13.0 Å². The van der Waals surface area contributed by atoms with E-state index in [-0.39, 0.29) is 0 Å². The van der Waals surface area contributed by atoms with Gasteiger partial charge in [-0.15, -0.1) is 0 Å². The highest BCUT2D eigenvalue weighted by molar-refractivity contribution is 5.66. The lowest BCUT2D eigenvalue weighted by atomic mass is 9.93. The molecule has 0 spiro atoms. The molecule has 0 radical (unpaired) electrons. The molecule has 0 amide bonds. The number of carboxylic acid groups (broad SMARTS) is 1. The third-order valence-electron chi connectivity index (χ3n) is 3.74. The molecule has 1 aliphatic heterocycles. The number of rotatable bonds is 6. The summed E-state index contributed by atoms with van der Waals surface area (Å²) < 4.78 is 0. The lowest BCUT2D eigenvalue weighted by Crippen LogP contribution is -2.45. The van der Waals surface area contributed by atoms with Crippen LogP contribution in [0.2, 0.25) is 0 Å². The number of likely N-dealkylation sites (tertiary alicyclic amines) is 1. The molecule has 17 heavy (non-hydrogen) atoms. The van der Waals surface area contributed by atoms with Crippen molar-refractivity contribution in [2.75, 3.05) is 6.54 Å². The highest BCUT2D eigenvalue weighted by Gasteiger charge is 2.26. The number of hydrogen-bond donors (Lipinski definition) is 1. The van der Waals surface area contributed by atoms with E-state index in [0.29, 0.717) is 24.4 Å². The molecule has 3 heteroatoms. The summed E-state index contributed by atoms with van der Waals surface area (Å²) in [6.07, 6.45) is 6.05. The Bertz CT molecular complexity index is 240. The molecule has 1 heterocycles. The first-order valence-corrected chi connectivity index (χ1v) is 6.98. The number of carbonyl (C=O) groups is 1. The van der Waals surface area contributed by atoms with Gasteiger partial charge in [0, 0.05) is 18.5 Å². The molecule has 1 aliphatic rings. The molecule has 3 nitrogen and oxygen atoms in total. The zero-order chi connectivity index (χ0) is 12.8. The molecule has 0 aromatic rings. The molecule has 0 aliphatic carbocycles. The Morgan fingerprint density at radius 2 is 2.06 bits per heavy atom. The Kier molecular flexibility index (Phi) is 5.96. The van der Waals surface area contributed by atoms with E-state index in [9.17, 15) is 4.79 Å². The summed E-state index contributed by atoms with van der Waals surface area (Å²) in [4.78, 5) is 13.2. The fraction of sp³-hybridized carbons (Fsp3) is 0.929. The van der Waals surface area contributed by atoms with Gasteiger partial charge in [0.1, 0.15) is 0 Å². The molecule has 0 saturated carbocycles. The van der Waals surface area contributed by atoms with Crippen molar-refractivity contribution in [1.82, 2.24) is 4.90 Å². The fourth-order valence-corrected chi connectivity index (χ4v) is 3.02. The lowest BCUT2D eigenvalue weighted by Gasteiger charge is -2.40. The average Bonchev–Trinajstić information content (AvgIpc) is 2.25. The van der Waals surface area contributed by atoms with E-state index in [1.807, 2.05) is 0 Å². The van der Waals surface area contributed by atoms with Crippen LogP contribution in [-0.2, 0) is 4.79 Å². The van der Waals surface area contributed by atoms with Crippen LogP contribution in [0.5, 0.6) is 0 Å². The van der Waals surface area contributed by atoms with Gasteiger partial charge in [0.15, 0.2) is 0 Å². The predicted molar refractivity (Wildman–Crippen MR) is 70.1 cm³/mol. The summed E-state index contributed by atoms with van der Waals surface area (Å²) in [7, 11) is 0. The predicted octanol–water partition coefficient (Wildman–Crippen LogP) is 3.14. The molecule has 1 fully saturated rings. The lowest BCUT2D eigenvalue weighted by molar-refractivity contribution is -0.137. The third kappa shape index (κ3) is 5.07. The van der Waals surface area contributed by atoms with Crippen LogP contribution >= 0.6 is 0 Å². The minimum absolute atomic E-state index is 0.315. The Labute approximate surface area is 105 Å². The number of carboxylic acids is 1. The van der Waals surface area contributed by atoms with E-state index < -0.39 is 5.97 Å². The van der Waals surface area contributed by atoms with Crippen LogP contribution in [0.15, 0.2) is 0 Å². The molecule has 2 atom stereocenters. The molecule has 0 bridgehead atoms. The van der Waals surface area contributed by atoms with Crippen molar-refractivity contribution < 1.29 is 9.90 Å². The third-order valence-corrected chi connectivity index (χ3v) is 3.74. The molecular formula is C14H27NO2. The monoisotopic (exact) mass is 241 g/mol. The van der Waals surface area contributed by atoms with Crippen molar-refractivity contribution in [3.63, 3.8) is 0 Å². The van der Waals surface area contributed by atoms with E-state index in [4.69, 9.17) is 5.11 Å². The van der Waals surface area contributed by atoms with Crippen LogP contribution in [0, 0.1) is 5.92 Å². The van der Waals surface area contributed by atoms with E-state index in [2.05, 4.69) is 25.7 Å². The topological polar surface area (TPSA) is 40.5 Å². The molecule has 1 saturated heterocycles. The summed E-state index contributed by atoms with van der Waals surface area (Å²) >= 11 is 0. The normalized spacial score (nSPS) is 23.9. The Balaban J connectivity index is 2.49. The van der Waals surface area contributed by atoms with Crippen molar-refractivity contribution in [3.05, 3.63) is 0 Å². The van der Waals surface area contributed by atoms with Crippen LogP contribution < -0.4 is 0 Å². The molecule has 2 unspecified atom stereocenters. The highest BCUT2D eigenvalue weighted by Crippen LogP contribution is 2.25. The first-order valence-electron chi connectivity index (χ1n) is 6.98. The first-order chi connectivity index (χ1) is 8.00. The van der Waals surface area contributed by atoms with Crippen molar-refractivity contribution in [1.29, 1.82) is 0 Å². The number of piperidine rings is 1. The van der Waals surface area contributed by atoms with Crippen molar-refractivity contribution in [3.8, 4) is 0 Å². The maximum atomic E-state index is 10.7. The summed E-state index contributed by atoms with van der Waals surface area (Å²) in [5.41, 5.74) is 0. The second-order valence-electron chi connectivity index (χ2n) is 5.80. The van der Waals surface area contributed by atoms with Crippen LogP contribution in [0.1, 0.15) is 59.3 Å². The number of aliphatic carboxylic acids is 1. The van der Waals surface area contributed by atoms with Gasteiger partial charge in [-0.25, -0.2) is 0 Å². The van der Waals surface area contributed by atoms with Gasteiger partial charge < -0.3 is 5.11 Å². The number of hydrogen-bond acceptors (Lipinski definition) is 2. The second kappa shape index (κ2) is 7.00. The largest absolute Gasteiger partial charge is 0.481 e. The summed E-state index contributed by atoms with van der Waals surface area (Å²) in [5.74, 6) is 0.0547. The van der Waals surface area contributed by atoms with Crippen molar-refractivity contribution >= 4 is 5.97 Å². The van der Waals surface area contributed by atoms with Crippen LogP contribution in [0.3, 0.4) is 0 Å². The van der Waals surface area contributed by atoms with Gasteiger partial charge in [0.2, 0.25) is 0 Å². The zero-order valence-electron chi connectivity index (χ0n) is 11.5. The van der Waals surface area contributed by atoms with Gasteiger partial charge in [-0.3, -0.25) is 9.69 Å². The summed E-state index contributed by atoms with van der Waals surface area (Å²) in [5, 5.41) is 8.80. The van der Waals surface area contributed by atoms with E-state index >= 15 is 0 Å². The minimum atomic E-state index is -0.660. The Morgan fingerprint density at radius 1 is 1.35 bits per heavy atom. The van der Waals surface area contributed by atoms with Crippen LogP contribution in [0.4, 0.5) is 0 Å². The second-order valence-corrected chi connectivity index (χ2v) is 5.80. The van der Waals surface area contributed by atoms with Gasteiger partial charge in [-0.05, 0) is 45.1 Å². The van der Waals surface area contributed by atoms with Gasteiger partial charge in [0.25, 0.3) is 0 Å². The van der Waals surface area contributed by atoms with E-state index in [1.165, 1.54) is 25.7 Å². The zero-order valence-corrected chi connectivity index (χ0v) is 11.5. The number of nitrogens with zero attached hydrogens (tertiary/aromatic N) is 1. The minimum Gasteiger partial charge on any atom is -0.481 e. The van der Waals surface area contributed by atoms with Crippen molar-refractivity contribution in [2.24, 2.45) is 5.92 Å². The Morgan fingerprint density at radius 3 is 2.65 bits per heavy atom. The fourth-order valence-electron chi connectivity index (χ4n) is 3.02. The first kappa shape index (κ1) is 14.5. The SMILES string of the molecule is CC(C)CC(C)N1CCCCC1CCC(=O)O. The smallest absolute Gasteiger partial charge is 0.303 e. The van der Waals surface area contributed by atoms with Crippen LogP contribution in [-0.4, -0.2) is 34.6 Å². The Hall–Kier alpha value is -0.570. The summed E-state index contributed by atoms with van der Waals surface area (Å²) in [6, 6.07) is 1.09. The van der Waals surface area contributed by atoms with Gasteiger partial charge >= 0.3 is 5.97 Å². The summed E-state index contributed by atoms with van der Waals surface area (Å²) in [6.45, 7) is 7.96. The maximum Gasteiger partial charge on any atom is 0.303 e. The molecular weight excluding hydrogens is 214 g/mol. The quantitative estimate of drug-likeness (QED) is 0.776. The van der Waals surface area contributed by atoms with Crippen molar-refractivity contribution in [2.45, 2.75) is 71.4 Å². The van der Waals surface area contributed by atoms with Gasteiger partial charge in [0.05, 0.1) is 0 Å². The molecule has 0 aromatic carbocycles. The highest BCUT2D eigenvalue weighted by atomic mass is 16.4. The molecule has 0 aromatic heterocycles. The van der Waals surface area contributed by atoms with E-state index in [1.54, 1.807) is 0 Å². The maximum absolute atomic E-state index is 10.7.